The second-order valence-corrected chi connectivity index (χ2v) is 13.8. The number of aromatic nitrogens is 3. The van der Waals surface area contributed by atoms with E-state index >= 15 is 4.39 Å². The molecule has 1 aliphatic rings. The number of benzene rings is 5. The third kappa shape index (κ3) is 8.11. The lowest BCUT2D eigenvalue weighted by Crippen LogP contribution is -2.52. The van der Waals surface area contributed by atoms with Crippen molar-refractivity contribution in [2.45, 2.75) is 43.9 Å². The average molecular weight is 751 g/mol. The van der Waals surface area contributed by atoms with E-state index in [1.165, 1.54) is 12.4 Å². The minimum absolute atomic E-state index is 0.150. The summed E-state index contributed by atoms with van der Waals surface area (Å²) in [7, 11) is 1.65. The number of nitrogens with one attached hydrogen (secondary N) is 1. The largest absolute Gasteiger partial charge is 0.381 e. The number of para-hydroxylation sites is 1. The molecule has 0 amide bonds. The quantitative estimate of drug-likeness (QED) is 0.105. The van der Waals surface area contributed by atoms with Crippen molar-refractivity contribution < 1.29 is 28.1 Å². The molecule has 0 radical (unpaired) electrons. The van der Waals surface area contributed by atoms with Gasteiger partial charge in [-0.3, -0.25) is 0 Å². The van der Waals surface area contributed by atoms with E-state index < -0.39 is 29.9 Å². The number of anilines is 2. The molecule has 0 spiro atoms. The van der Waals surface area contributed by atoms with Crippen LogP contribution in [-0.2, 0) is 43.5 Å². The Hall–Kier alpha value is -5.75. The van der Waals surface area contributed by atoms with Crippen LogP contribution in [0, 0.1) is 5.82 Å². The lowest BCUT2D eigenvalue weighted by molar-refractivity contribution is -0.179. The van der Waals surface area contributed by atoms with Crippen LogP contribution >= 0.6 is 0 Å². The van der Waals surface area contributed by atoms with Gasteiger partial charge >= 0.3 is 0 Å². The summed E-state index contributed by atoms with van der Waals surface area (Å²) in [6.45, 7) is 1.27. The van der Waals surface area contributed by atoms with Gasteiger partial charge in [0.1, 0.15) is 41.4 Å². The van der Waals surface area contributed by atoms with Crippen LogP contribution in [0.25, 0.3) is 22.2 Å². The zero-order valence-electron chi connectivity index (χ0n) is 31.0. The second-order valence-electron chi connectivity index (χ2n) is 13.8. The summed E-state index contributed by atoms with van der Waals surface area (Å²) in [6.07, 6.45) is 1.37. The molecule has 4 atom stereocenters. The van der Waals surface area contributed by atoms with E-state index in [4.69, 9.17) is 28.7 Å². The summed E-state index contributed by atoms with van der Waals surface area (Å²) in [6, 6.07) is 46.6. The molecular weight excluding hydrogens is 708 g/mol. The normalized spacial score (nSPS) is 19.4. The molecule has 7 aromatic rings. The highest BCUT2D eigenvalue weighted by molar-refractivity contribution is 6.02. The van der Waals surface area contributed by atoms with Gasteiger partial charge < -0.3 is 33.6 Å². The first-order chi connectivity index (χ1) is 27.6. The smallest absolute Gasteiger partial charge is 0.165 e. The number of halogens is 1. The fourth-order valence-corrected chi connectivity index (χ4v) is 7.32. The predicted octanol–water partition coefficient (Wildman–Crippen LogP) is 9.28. The zero-order chi connectivity index (χ0) is 38.2. The van der Waals surface area contributed by atoms with Crippen molar-refractivity contribution in [1.29, 1.82) is 0 Å². The maximum atomic E-state index is 15.0. The van der Waals surface area contributed by atoms with Gasteiger partial charge in [-0.1, -0.05) is 133 Å². The lowest BCUT2D eigenvalue weighted by atomic mass is 9.96. The van der Waals surface area contributed by atoms with E-state index in [9.17, 15) is 0 Å². The first kappa shape index (κ1) is 37.2. The SMILES string of the molecule is COC[C@]1(COCc2ccccc2)O[C@@H](n2cc(-c3ccccc3)c3c(Nc4ccccc4F)ncnc32)[C@@H](OCc2ccccc2)[C@H]1OCc1ccccc1. The summed E-state index contributed by atoms with van der Waals surface area (Å²) in [4.78, 5) is 9.47. The van der Waals surface area contributed by atoms with Crippen LogP contribution in [-0.4, -0.2) is 52.7 Å². The number of nitrogens with zero attached hydrogens (tertiary/aromatic N) is 3. The predicted molar refractivity (Wildman–Crippen MR) is 214 cm³/mol. The molecule has 1 N–H and O–H groups in total. The van der Waals surface area contributed by atoms with Crippen LogP contribution in [0.2, 0.25) is 0 Å². The molecule has 1 aliphatic heterocycles. The monoisotopic (exact) mass is 750 g/mol. The molecule has 5 aromatic carbocycles. The molecule has 3 heterocycles. The third-order valence-electron chi connectivity index (χ3n) is 9.95. The third-order valence-corrected chi connectivity index (χ3v) is 9.95. The Balaban J connectivity index is 1.26. The Bertz CT molecular complexity index is 2310. The fourth-order valence-electron chi connectivity index (χ4n) is 7.32. The molecule has 1 fully saturated rings. The molecule has 0 saturated carbocycles. The Morgan fingerprint density at radius 1 is 0.696 bits per heavy atom. The molecular formula is C46H43FN4O5. The van der Waals surface area contributed by atoms with Crippen LogP contribution in [0.3, 0.4) is 0 Å². The maximum Gasteiger partial charge on any atom is 0.165 e. The van der Waals surface area contributed by atoms with Crippen molar-refractivity contribution in [3.8, 4) is 11.1 Å². The number of methoxy groups -OCH3 is 1. The number of hydrogen-bond donors (Lipinski definition) is 1. The molecule has 0 aliphatic carbocycles. The van der Waals surface area contributed by atoms with E-state index in [0.717, 1.165) is 27.8 Å². The van der Waals surface area contributed by atoms with E-state index in [-0.39, 0.29) is 13.2 Å². The number of fused-ring (bicyclic) bond motifs is 1. The number of ether oxygens (including phenoxy) is 5. The van der Waals surface area contributed by atoms with Crippen molar-refractivity contribution in [3.05, 3.63) is 181 Å². The lowest BCUT2D eigenvalue weighted by Gasteiger charge is -2.34. The Morgan fingerprint density at radius 2 is 1.29 bits per heavy atom. The highest BCUT2D eigenvalue weighted by Crippen LogP contribution is 2.46. The summed E-state index contributed by atoms with van der Waals surface area (Å²) in [5.41, 5.74) is 4.53. The van der Waals surface area contributed by atoms with Crippen LogP contribution in [0.15, 0.2) is 158 Å². The molecule has 284 valence electrons. The van der Waals surface area contributed by atoms with E-state index in [1.54, 1.807) is 25.3 Å². The minimum Gasteiger partial charge on any atom is -0.381 e. The van der Waals surface area contributed by atoms with Crippen LogP contribution < -0.4 is 5.32 Å². The molecule has 0 bridgehead atoms. The van der Waals surface area contributed by atoms with Gasteiger partial charge in [0.15, 0.2) is 6.23 Å². The van der Waals surface area contributed by atoms with Crippen molar-refractivity contribution in [1.82, 2.24) is 14.5 Å². The van der Waals surface area contributed by atoms with Gasteiger partial charge in [0.25, 0.3) is 0 Å². The van der Waals surface area contributed by atoms with Crippen molar-refractivity contribution in [2.24, 2.45) is 0 Å². The summed E-state index contributed by atoms with van der Waals surface area (Å²) < 4.78 is 50.6. The van der Waals surface area contributed by atoms with Gasteiger partial charge in [-0.15, -0.1) is 0 Å². The standard InChI is InChI=1S/C46H43FN4O5/c1-52-30-46(31-53-27-33-16-6-2-7-17-33)42(55-29-35-20-10-4-11-21-35)41(54-28-34-18-8-3-9-19-34)45(56-46)51-26-37(36-22-12-5-13-23-36)40-43(48-32-49-44(40)51)50-39-25-15-14-24-38(39)47/h2-26,32,41-42,45H,27-31H2,1H3,(H,48,49,50)/t41-,42+,45+,46+/m0/s1. The van der Waals surface area contributed by atoms with E-state index in [0.29, 0.717) is 42.4 Å². The Kier molecular flexibility index (Phi) is 11.5. The van der Waals surface area contributed by atoms with E-state index in [1.807, 2.05) is 132 Å². The highest BCUT2D eigenvalue weighted by atomic mass is 19.1. The average Bonchev–Trinajstić information content (AvgIpc) is 3.78. The molecule has 8 rings (SSSR count). The first-order valence-corrected chi connectivity index (χ1v) is 18.6. The summed E-state index contributed by atoms with van der Waals surface area (Å²) in [5.74, 6) is 0.0513. The van der Waals surface area contributed by atoms with Crippen molar-refractivity contribution >= 4 is 22.5 Å². The van der Waals surface area contributed by atoms with Gasteiger partial charge in [0.2, 0.25) is 0 Å². The second kappa shape index (κ2) is 17.4. The molecule has 1 saturated heterocycles. The van der Waals surface area contributed by atoms with Crippen LogP contribution in [0.1, 0.15) is 22.9 Å². The minimum atomic E-state index is -1.12. The zero-order valence-corrected chi connectivity index (χ0v) is 31.0. The van der Waals surface area contributed by atoms with Gasteiger partial charge in [0.05, 0.1) is 44.1 Å². The number of hydrogen-bond acceptors (Lipinski definition) is 8. The van der Waals surface area contributed by atoms with Crippen molar-refractivity contribution in [2.75, 3.05) is 25.6 Å². The molecule has 10 heteroatoms. The van der Waals surface area contributed by atoms with Crippen LogP contribution in [0.4, 0.5) is 15.9 Å². The molecule has 56 heavy (non-hydrogen) atoms. The first-order valence-electron chi connectivity index (χ1n) is 18.6. The highest BCUT2D eigenvalue weighted by Gasteiger charge is 2.58. The Morgan fingerprint density at radius 3 is 1.93 bits per heavy atom. The summed E-state index contributed by atoms with van der Waals surface area (Å²) in [5, 5.41) is 3.93. The topological polar surface area (TPSA) is 88.9 Å². The van der Waals surface area contributed by atoms with Gasteiger partial charge in [0, 0.05) is 18.9 Å². The molecule has 2 aromatic heterocycles. The maximum absolute atomic E-state index is 15.0. The van der Waals surface area contributed by atoms with E-state index in [2.05, 4.69) is 10.3 Å². The number of rotatable bonds is 16. The molecule has 9 nitrogen and oxygen atoms in total. The van der Waals surface area contributed by atoms with Gasteiger partial charge in [-0.25, -0.2) is 14.4 Å². The van der Waals surface area contributed by atoms with Gasteiger partial charge in [-0.05, 0) is 34.4 Å². The fraction of sp³-hybridized carbons (Fsp3) is 0.217. The van der Waals surface area contributed by atoms with Crippen molar-refractivity contribution in [3.63, 3.8) is 0 Å². The summed E-state index contributed by atoms with van der Waals surface area (Å²) >= 11 is 0. The Labute approximate surface area is 325 Å². The van der Waals surface area contributed by atoms with Crippen LogP contribution in [0.5, 0.6) is 0 Å². The molecule has 0 unspecified atom stereocenters. The van der Waals surface area contributed by atoms with Gasteiger partial charge in [-0.2, -0.15) is 0 Å².